The second-order valence-corrected chi connectivity index (χ2v) is 17.3. The molecule has 4 heterocycles. The van der Waals surface area contributed by atoms with Crippen molar-refractivity contribution < 1.29 is 9.59 Å². The largest absolute Gasteiger partial charge is 0.363 e. The lowest BCUT2D eigenvalue weighted by Crippen LogP contribution is -2.49. The minimum absolute atomic E-state index is 0.0284. The van der Waals surface area contributed by atoms with Crippen LogP contribution >= 0.6 is 0 Å². The Morgan fingerprint density at radius 1 is 0.694 bits per heavy atom. The zero-order valence-corrected chi connectivity index (χ0v) is 36.9. The van der Waals surface area contributed by atoms with Crippen LogP contribution in [0.5, 0.6) is 0 Å². The molecule has 9 rings (SSSR count). The van der Waals surface area contributed by atoms with Crippen molar-refractivity contribution in [2.45, 2.75) is 96.4 Å². The molecule has 10 nitrogen and oxygen atoms in total. The standard InChI is InChI=1S/C52H62N8O2/c1-5-57(6-2)47(37-17-11-9-12-18-37)51(61)59-31-15-21-44(59)49-53-34-43(55-49)36-25-23-35(24-26-36)39-27-29-41-40(33-39)28-30-42-46(41)56-50(54-42)45-22-16-32-60(45)52(62)48(58(7-3)8-4)38-19-13-10-14-20-38/h9-14,17-20,23-27,29,33,43-45,47-48H,5-8,15-16,21-22,28,30-32,34H2,1-4H3,(H,53,55)(H,54,56)/t43?,44-,45-,47+,48+/m0/s1. The van der Waals surface area contributed by atoms with E-state index in [9.17, 15) is 9.59 Å². The maximum absolute atomic E-state index is 14.4. The molecule has 5 atom stereocenters. The van der Waals surface area contributed by atoms with Crippen molar-refractivity contribution in [1.82, 2.24) is 34.9 Å². The van der Waals surface area contributed by atoms with Crippen LogP contribution in [0.2, 0.25) is 0 Å². The van der Waals surface area contributed by atoms with Gasteiger partial charge in [-0.2, -0.15) is 0 Å². The van der Waals surface area contributed by atoms with Gasteiger partial charge in [-0.1, -0.05) is 131 Å². The Morgan fingerprint density at radius 3 is 1.85 bits per heavy atom. The quantitative estimate of drug-likeness (QED) is 0.116. The van der Waals surface area contributed by atoms with Crippen molar-refractivity contribution >= 4 is 17.6 Å². The van der Waals surface area contributed by atoms with E-state index in [-0.39, 0.29) is 42.0 Å². The molecule has 0 saturated carbocycles. The highest BCUT2D eigenvalue weighted by Crippen LogP contribution is 2.40. The van der Waals surface area contributed by atoms with Gasteiger partial charge in [-0.05, 0) is 98.1 Å². The molecule has 10 heteroatoms. The summed E-state index contributed by atoms with van der Waals surface area (Å²) in [4.78, 5) is 51.4. The first kappa shape index (κ1) is 41.8. The number of hydrogen-bond donors (Lipinski definition) is 2. The van der Waals surface area contributed by atoms with Crippen molar-refractivity contribution in [3.63, 3.8) is 0 Å². The fourth-order valence-corrected chi connectivity index (χ4v) is 10.6. The number of aromatic nitrogens is 2. The molecule has 2 fully saturated rings. The molecule has 1 aliphatic carbocycles. The number of fused-ring (bicyclic) bond motifs is 3. The predicted molar refractivity (Wildman–Crippen MR) is 248 cm³/mol. The average Bonchev–Trinajstić information content (AvgIpc) is 4.17. The van der Waals surface area contributed by atoms with E-state index in [4.69, 9.17) is 9.98 Å². The minimum Gasteiger partial charge on any atom is -0.363 e. The number of nitrogens with one attached hydrogen (secondary N) is 2. The van der Waals surface area contributed by atoms with Crippen LogP contribution in [-0.4, -0.2) is 99.1 Å². The summed E-state index contributed by atoms with van der Waals surface area (Å²) >= 11 is 0. The number of amides is 2. The van der Waals surface area contributed by atoms with Crippen molar-refractivity contribution in [3.8, 4) is 22.4 Å². The van der Waals surface area contributed by atoms with Gasteiger partial charge >= 0.3 is 0 Å². The van der Waals surface area contributed by atoms with Crippen LogP contribution in [0.1, 0.15) is 111 Å². The van der Waals surface area contributed by atoms with Crippen LogP contribution in [0.3, 0.4) is 0 Å². The fraction of sp³-hybridized carbons (Fsp3) is 0.423. The molecule has 0 radical (unpaired) electrons. The lowest BCUT2D eigenvalue weighted by Gasteiger charge is -2.35. The Morgan fingerprint density at radius 2 is 1.26 bits per heavy atom. The van der Waals surface area contributed by atoms with Crippen LogP contribution in [0.15, 0.2) is 108 Å². The topological polar surface area (TPSA) is 100 Å². The smallest absolute Gasteiger partial charge is 0.245 e. The summed E-state index contributed by atoms with van der Waals surface area (Å²) in [5.74, 6) is 2.19. The highest BCUT2D eigenvalue weighted by Gasteiger charge is 2.41. The molecule has 3 aliphatic heterocycles. The summed E-state index contributed by atoms with van der Waals surface area (Å²) in [5.41, 5.74) is 10.4. The van der Waals surface area contributed by atoms with E-state index in [0.717, 1.165) is 106 Å². The number of aliphatic imine (C=N–C) groups is 1. The molecule has 2 N–H and O–H groups in total. The molecule has 62 heavy (non-hydrogen) atoms. The number of likely N-dealkylation sites (tertiary alicyclic amines) is 2. The first-order valence-corrected chi connectivity index (χ1v) is 23.2. The number of aromatic amines is 1. The van der Waals surface area contributed by atoms with Crippen molar-refractivity contribution in [3.05, 3.63) is 137 Å². The summed E-state index contributed by atoms with van der Waals surface area (Å²) in [6.45, 7) is 13.9. The van der Waals surface area contributed by atoms with Gasteiger partial charge in [-0.15, -0.1) is 0 Å². The van der Waals surface area contributed by atoms with Gasteiger partial charge in [0.15, 0.2) is 0 Å². The normalized spacial score (nSPS) is 20.5. The summed E-state index contributed by atoms with van der Waals surface area (Å²) in [5, 5.41) is 3.74. The second-order valence-electron chi connectivity index (χ2n) is 17.3. The molecule has 5 aromatic rings. The molecule has 0 spiro atoms. The summed E-state index contributed by atoms with van der Waals surface area (Å²) in [7, 11) is 0. The van der Waals surface area contributed by atoms with Gasteiger partial charge in [0.1, 0.15) is 23.7 Å². The van der Waals surface area contributed by atoms with Gasteiger partial charge in [0.05, 0.1) is 30.4 Å². The molecule has 4 aromatic carbocycles. The average molecular weight is 831 g/mol. The van der Waals surface area contributed by atoms with Crippen LogP contribution in [0.4, 0.5) is 0 Å². The highest BCUT2D eigenvalue weighted by atomic mass is 16.2. The number of nitrogens with zero attached hydrogens (tertiary/aromatic N) is 6. The number of aryl methyl sites for hydroxylation is 2. The number of imidazole rings is 1. The monoisotopic (exact) mass is 830 g/mol. The van der Waals surface area contributed by atoms with Gasteiger partial charge in [0, 0.05) is 24.3 Å². The number of hydrogen-bond acceptors (Lipinski definition) is 7. The minimum atomic E-state index is -0.305. The molecule has 0 bridgehead atoms. The maximum atomic E-state index is 14.4. The summed E-state index contributed by atoms with van der Waals surface area (Å²) in [6, 6.07) is 35.6. The number of carbonyl (C=O) groups excluding carboxylic acids is 2. The van der Waals surface area contributed by atoms with E-state index in [0.29, 0.717) is 6.54 Å². The SMILES string of the molecule is CCN(CC)[C@@H](C(=O)N1CCC[C@H]1C1=NCC(c2ccc(-c3ccc4c(c3)CCc3[nH]c([C@@H]5CCCN5C(=O)[C@@H](c5ccccc5)N(CC)CC)nc3-4)cc2)N1)c1ccccc1. The number of amidine groups is 1. The van der Waals surface area contributed by atoms with Crippen molar-refractivity contribution in [2.24, 2.45) is 4.99 Å². The van der Waals surface area contributed by atoms with Crippen molar-refractivity contribution in [2.75, 3.05) is 45.8 Å². The first-order valence-electron chi connectivity index (χ1n) is 23.2. The van der Waals surface area contributed by atoms with E-state index >= 15 is 0 Å². The predicted octanol–water partition coefficient (Wildman–Crippen LogP) is 8.71. The van der Waals surface area contributed by atoms with Gasteiger partial charge in [-0.3, -0.25) is 24.4 Å². The molecule has 1 aromatic heterocycles. The molecule has 2 saturated heterocycles. The molecular formula is C52H62N8O2. The zero-order valence-electron chi connectivity index (χ0n) is 36.9. The lowest BCUT2D eigenvalue weighted by atomic mass is 9.89. The number of carbonyl (C=O) groups is 2. The Kier molecular flexibility index (Phi) is 12.4. The zero-order chi connectivity index (χ0) is 42.7. The van der Waals surface area contributed by atoms with E-state index in [1.807, 2.05) is 36.4 Å². The van der Waals surface area contributed by atoms with Gasteiger partial charge in [0.2, 0.25) is 11.8 Å². The third-order valence-corrected chi connectivity index (χ3v) is 14.0. The van der Waals surface area contributed by atoms with E-state index in [1.165, 1.54) is 33.5 Å². The van der Waals surface area contributed by atoms with Crippen LogP contribution in [0.25, 0.3) is 22.4 Å². The first-order chi connectivity index (χ1) is 30.4. The van der Waals surface area contributed by atoms with Gasteiger partial charge in [0.25, 0.3) is 0 Å². The third kappa shape index (κ3) is 7.99. The number of benzene rings is 4. The van der Waals surface area contributed by atoms with Gasteiger partial charge in [-0.25, -0.2) is 4.98 Å². The summed E-state index contributed by atoms with van der Waals surface area (Å²) in [6.07, 6.45) is 5.62. The van der Waals surface area contributed by atoms with E-state index < -0.39 is 0 Å². The van der Waals surface area contributed by atoms with Crippen LogP contribution in [0, 0.1) is 0 Å². The molecule has 2 amide bonds. The number of H-pyrrole nitrogens is 1. The third-order valence-electron chi connectivity index (χ3n) is 14.0. The van der Waals surface area contributed by atoms with Crippen molar-refractivity contribution in [1.29, 1.82) is 0 Å². The summed E-state index contributed by atoms with van der Waals surface area (Å²) < 4.78 is 0. The van der Waals surface area contributed by atoms with Gasteiger partial charge < -0.3 is 20.1 Å². The molecule has 4 aliphatic rings. The fourth-order valence-electron chi connectivity index (χ4n) is 10.6. The Hall–Kier alpha value is -5.58. The second kappa shape index (κ2) is 18.4. The molecule has 322 valence electrons. The number of likely N-dealkylation sites (N-methyl/N-ethyl adjacent to an activating group) is 2. The van der Waals surface area contributed by atoms with Crippen LogP contribution < -0.4 is 5.32 Å². The highest BCUT2D eigenvalue weighted by molar-refractivity contribution is 5.95. The van der Waals surface area contributed by atoms with E-state index in [2.05, 4.69) is 124 Å². The van der Waals surface area contributed by atoms with E-state index in [1.54, 1.807) is 0 Å². The molecular weight excluding hydrogens is 769 g/mol. The Balaban J connectivity index is 0.873. The Labute approximate surface area is 367 Å². The van der Waals surface area contributed by atoms with Crippen LogP contribution in [-0.2, 0) is 22.4 Å². The maximum Gasteiger partial charge on any atom is 0.245 e. The molecule has 1 unspecified atom stereocenters. The lowest BCUT2D eigenvalue weighted by molar-refractivity contribution is -0.138. The number of rotatable bonds is 14. The Bertz CT molecular complexity index is 2370.